The van der Waals surface area contributed by atoms with Gasteiger partial charge in [-0.3, -0.25) is 4.79 Å². The van der Waals surface area contributed by atoms with E-state index in [-0.39, 0.29) is 6.10 Å². The molecule has 2 heterocycles. The van der Waals surface area contributed by atoms with Crippen LogP contribution in [0, 0.1) is 17.8 Å². The first-order valence-electron chi connectivity index (χ1n) is 9.45. The summed E-state index contributed by atoms with van der Waals surface area (Å²) in [4.78, 5) is 17.2. The lowest BCUT2D eigenvalue weighted by Gasteiger charge is -2.26. The van der Waals surface area contributed by atoms with Crippen molar-refractivity contribution in [1.29, 1.82) is 0 Å². The average molecular weight is 306 g/mol. The van der Waals surface area contributed by atoms with E-state index in [0.29, 0.717) is 11.8 Å². The Balaban J connectivity index is 1.16. The Bertz CT molecular complexity index is 398. The fourth-order valence-electron chi connectivity index (χ4n) is 4.99. The predicted octanol–water partition coefficient (Wildman–Crippen LogP) is 2.14. The molecule has 4 aliphatic rings. The predicted molar refractivity (Wildman–Crippen MR) is 85.5 cm³/mol. The molecular weight excluding hydrogens is 276 g/mol. The number of nitrogens with zero attached hydrogens (tertiary/aromatic N) is 2. The molecule has 4 nitrogen and oxygen atoms in total. The molecule has 2 aliphatic carbocycles. The highest BCUT2D eigenvalue weighted by Crippen LogP contribution is 2.58. The Kier molecular flexibility index (Phi) is 4.40. The summed E-state index contributed by atoms with van der Waals surface area (Å²) in [6.07, 6.45) is 9.34. The zero-order valence-corrected chi connectivity index (χ0v) is 13.7. The van der Waals surface area contributed by atoms with Crippen molar-refractivity contribution in [2.45, 2.75) is 51.0 Å². The highest BCUT2D eigenvalue weighted by atomic mass is 16.5. The van der Waals surface area contributed by atoms with Crippen molar-refractivity contribution in [1.82, 2.24) is 9.80 Å². The fraction of sp³-hybridized carbons (Fsp3) is 0.944. The minimum atomic E-state index is 0.285. The summed E-state index contributed by atoms with van der Waals surface area (Å²) in [7, 11) is 0. The molecule has 0 aromatic rings. The molecule has 0 aromatic carbocycles. The van der Waals surface area contributed by atoms with Gasteiger partial charge in [0, 0.05) is 25.6 Å². The molecule has 22 heavy (non-hydrogen) atoms. The number of piperidine rings is 1. The second-order valence-electron chi connectivity index (χ2n) is 7.75. The molecule has 2 aliphatic heterocycles. The minimum absolute atomic E-state index is 0.285. The van der Waals surface area contributed by atoms with E-state index in [9.17, 15) is 4.79 Å². The highest BCUT2D eigenvalue weighted by molar-refractivity contribution is 5.82. The van der Waals surface area contributed by atoms with Gasteiger partial charge in [-0.1, -0.05) is 12.8 Å². The van der Waals surface area contributed by atoms with Crippen LogP contribution in [0.2, 0.25) is 0 Å². The molecule has 0 unspecified atom stereocenters. The molecule has 0 N–H and O–H groups in total. The molecule has 0 spiro atoms. The Hall–Kier alpha value is -0.610. The standard InChI is InChI=1S/C18H30N2O2/c21-18(17-15-5-4-6-16(15)17)20-10-7-14(13-20)22-12-11-19-8-2-1-3-9-19/h14-17H,1-13H2/t14-,15-,16-/m1/s1. The van der Waals surface area contributed by atoms with Gasteiger partial charge in [0.15, 0.2) is 0 Å². The van der Waals surface area contributed by atoms with E-state index >= 15 is 0 Å². The van der Waals surface area contributed by atoms with Gasteiger partial charge in [-0.05, 0) is 57.0 Å². The summed E-state index contributed by atoms with van der Waals surface area (Å²) in [5.74, 6) is 2.32. The van der Waals surface area contributed by atoms with Crippen LogP contribution >= 0.6 is 0 Å². The van der Waals surface area contributed by atoms with Crippen LogP contribution in [0.3, 0.4) is 0 Å². The molecular formula is C18H30N2O2. The third kappa shape index (κ3) is 3.05. The summed E-state index contributed by atoms with van der Waals surface area (Å²) in [5, 5.41) is 0. The Morgan fingerprint density at radius 3 is 2.50 bits per heavy atom. The van der Waals surface area contributed by atoms with Gasteiger partial charge in [0.2, 0.25) is 5.91 Å². The second kappa shape index (κ2) is 6.48. The minimum Gasteiger partial charge on any atom is -0.375 e. The van der Waals surface area contributed by atoms with E-state index in [1.165, 1.54) is 51.6 Å². The fourth-order valence-corrected chi connectivity index (χ4v) is 4.99. The van der Waals surface area contributed by atoms with E-state index in [0.717, 1.165) is 44.5 Å². The largest absolute Gasteiger partial charge is 0.375 e. The zero-order chi connectivity index (χ0) is 14.9. The summed E-state index contributed by atoms with van der Waals surface area (Å²) in [6.45, 7) is 6.14. The molecule has 0 radical (unpaired) electrons. The summed E-state index contributed by atoms with van der Waals surface area (Å²) < 4.78 is 6.04. The van der Waals surface area contributed by atoms with Crippen LogP contribution in [-0.2, 0) is 9.53 Å². The molecule has 3 atom stereocenters. The van der Waals surface area contributed by atoms with E-state index in [1.54, 1.807) is 0 Å². The molecule has 4 rings (SSSR count). The van der Waals surface area contributed by atoms with Crippen molar-refractivity contribution in [2.24, 2.45) is 17.8 Å². The van der Waals surface area contributed by atoms with Crippen molar-refractivity contribution >= 4 is 5.91 Å². The van der Waals surface area contributed by atoms with E-state index in [2.05, 4.69) is 9.80 Å². The number of hydrogen-bond donors (Lipinski definition) is 0. The maximum absolute atomic E-state index is 12.6. The number of rotatable bonds is 5. The third-order valence-electron chi connectivity index (χ3n) is 6.36. The second-order valence-corrected chi connectivity index (χ2v) is 7.75. The van der Waals surface area contributed by atoms with Crippen LogP contribution in [-0.4, -0.2) is 61.1 Å². The Morgan fingerprint density at radius 1 is 0.955 bits per heavy atom. The molecule has 4 heteroatoms. The number of ether oxygens (including phenoxy) is 1. The maximum atomic E-state index is 12.6. The van der Waals surface area contributed by atoms with Gasteiger partial charge in [-0.2, -0.15) is 0 Å². The normalized spacial score (nSPS) is 38.3. The third-order valence-corrected chi connectivity index (χ3v) is 6.36. The van der Waals surface area contributed by atoms with Gasteiger partial charge in [0.1, 0.15) is 0 Å². The zero-order valence-electron chi connectivity index (χ0n) is 13.7. The number of amides is 1. The van der Waals surface area contributed by atoms with Crippen LogP contribution in [0.1, 0.15) is 44.9 Å². The molecule has 1 amide bonds. The highest BCUT2D eigenvalue weighted by Gasteiger charge is 2.57. The van der Waals surface area contributed by atoms with E-state index in [1.807, 2.05) is 0 Å². The molecule has 0 bridgehead atoms. The van der Waals surface area contributed by atoms with Crippen molar-refractivity contribution < 1.29 is 9.53 Å². The lowest BCUT2D eigenvalue weighted by atomic mass is 10.1. The first-order valence-corrected chi connectivity index (χ1v) is 9.45. The first-order chi connectivity index (χ1) is 10.8. The number of fused-ring (bicyclic) bond motifs is 1. The lowest BCUT2D eigenvalue weighted by molar-refractivity contribution is -0.132. The topological polar surface area (TPSA) is 32.8 Å². The Morgan fingerprint density at radius 2 is 1.73 bits per heavy atom. The van der Waals surface area contributed by atoms with Crippen LogP contribution in [0.5, 0.6) is 0 Å². The van der Waals surface area contributed by atoms with Gasteiger partial charge in [-0.25, -0.2) is 0 Å². The molecule has 2 saturated carbocycles. The number of hydrogen-bond acceptors (Lipinski definition) is 3. The van der Waals surface area contributed by atoms with Gasteiger partial charge >= 0.3 is 0 Å². The summed E-state index contributed by atoms with van der Waals surface area (Å²) >= 11 is 0. The molecule has 2 saturated heterocycles. The molecule has 0 aromatic heterocycles. The SMILES string of the molecule is O=C(C1[C@@H]2CCC[C@@H]12)N1CC[C@@H](OCCN2CCCCC2)C1. The van der Waals surface area contributed by atoms with Crippen molar-refractivity contribution in [2.75, 3.05) is 39.3 Å². The van der Waals surface area contributed by atoms with Crippen molar-refractivity contribution in [3.63, 3.8) is 0 Å². The lowest BCUT2D eigenvalue weighted by Crippen LogP contribution is -2.35. The molecule has 124 valence electrons. The molecule has 4 fully saturated rings. The number of carbonyl (C=O) groups excluding carboxylic acids is 1. The smallest absolute Gasteiger partial charge is 0.226 e. The van der Waals surface area contributed by atoms with Crippen LogP contribution in [0.4, 0.5) is 0 Å². The summed E-state index contributed by atoms with van der Waals surface area (Å²) in [6, 6.07) is 0. The van der Waals surface area contributed by atoms with Gasteiger partial charge in [0.25, 0.3) is 0 Å². The Labute approximate surface area is 134 Å². The van der Waals surface area contributed by atoms with Gasteiger partial charge in [0.05, 0.1) is 12.7 Å². The van der Waals surface area contributed by atoms with E-state index < -0.39 is 0 Å². The summed E-state index contributed by atoms with van der Waals surface area (Å²) in [5.41, 5.74) is 0. The monoisotopic (exact) mass is 306 g/mol. The number of likely N-dealkylation sites (tertiary alicyclic amines) is 2. The van der Waals surface area contributed by atoms with E-state index in [4.69, 9.17) is 4.74 Å². The first kappa shape index (κ1) is 14.9. The maximum Gasteiger partial charge on any atom is 0.226 e. The number of carbonyl (C=O) groups is 1. The quantitative estimate of drug-likeness (QED) is 0.780. The van der Waals surface area contributed by atoms with Crippen LogP contribution in [0.25, 0.3) is 0 Å². The van der Waals surface area contributed by atoms with Crippen molar-refractivity contribution in [3.05, 3.63) is 0 Å². The van der Waals surface area contributed by atoms with Gasteiger partial charge < -0.3 is 14.5 Å². The van der Waals surface area contributed by atoms with Crippen LogP contribution < -0.4 is 0 Å². The van der Waals surface area contributed by atoms with Gasteiger partial charge in [-0.15, -0.1) is 0 Å². The average Bonchev–Trinajstić information content (AvgIpc) is 2.94. The van der Waals surface area contributed by atoms with Crippen LogP contribution in [0.15, 0.2) is 0 Å². The van der Waals surface area contributed by atoms with Crippen molar-refractivity contribution in [3.8, 4) is 0 Å².